The van der Waals surface area contributed by atoms with Gasteiger partial charge in [-0.2, -0.15) is 0 Å². The predicted octanol–water partition coefficient (Wildman–Crippen LogP) is 6.08. The van der Waals surface area contributed by atoms with Crippen molar-refractivity contribution < 1.29 is 0 Å². The molecule has 0 N–H and O–H groups in total. The molecule has 3 rings (SSSR count). The maximum Gasteiger partial charge on any atom is 0.0261 e. The monoisotopic (exact) mass is 296 g/mol. The molecule has 0 aromatic heterocycles. The van der Waals surface area contributed by atoms with Crippen molar-refractivity contribution in [3.8, 4) is 0 Å². The van der Waals surface area contributed by atoms with E-state index in [-0.39, 0.29) is 0 Å². The summed E-state index contributed by atoms with van der Waals surface area (Å²) >= 11 is 3.62. The fourth-order valence-corrected chi connectivity index (χ4v) is 4.06. The number of rotatable bonds is 2. The molecule has 0 bridgehead atoms. The largest absolute Gasteiger partial charge is 0.104 e. The van der Waals surface area contributed by atoms with Crippen LogP contribution in [0.2, 0.25) is 0 Å². The van der Waals surface area contributed by atoms with Crippen molar-refractivity contribution in [1.82, 2.24) is 0 Å². The Morgan fingerprint density at radius 2 is 1.00 bits per heavy atom. The Balaban J connectivity index is 1.83. The van der Waals surface area contributed by atoms with Crippen LogP contribution in [0.25, 0.3) is 9.81 Å². The molecule has 1 aliphatic rings. The Kier molecular flexibility index (Phi) is 4.04. The first kappa shape index (κ1) is 13.6. The second kappa shape index (κ2) is 5.94. The van der Waals surface area contributed by atoms with Crippen LogP contribution in [0.5, 0.6) is 0 Å². The third-order valence-electron chi connectivity index (χ3n) is 3.24. The van der Waals surface area contributed by atoms with Crippen LogP contribution in [-0.4, -0.2) is 0 Å². The standard InChI is InChI=1S/C18H16S2/c1-13-3-7-15(8-4-13)17-11-19-12-18(20-17)16-9-5-14(2)6-10-16/h3-12H,1-2H3. The van der Waals surface area contributed by atoms with E-state index in [0.29, 0.717) is 0 Å². The quantitative estimate of drug-likeness (QED) is 0.658. The Labute approximate surface area is 129 Å². The average Bonchev–Trinajstić information content (AvgIpc) is 2.49. The lowest BCUT2D eigenvalue weighted by Gasteiger charge is -2.15. The van der Waals surface area contributed by atoms with Gasteiger partial charge in [-0.1, -0.05) is 71.4 Å². The molecule has 0 amide bonds. The van der Waals surface area contributed by atoms with Crippen LogP contribution in [0, 0.1) is 13.8 Å². The van der Waals surface area contributed by atoms with Crippen molar-refractivity contribution in [3.63, 3.8) is 0 Å². The minimum absolute atomic E-state index is 1.30. The molecule has 0 aliphatic carbocycles. The number of hydrogen-bond donors (Lipinski definition) is 0. The number of benzene rings is 2. The summed E-state index contributed by atoms with van der Waals surface area (Å²) in [4.78, 5) is 2.65. The SMILES string of the molecule is Cc1ccc(C2=CSC=C(c3ccc(C)cc3)S2)cc1. The highest BCUT2D eigenvalue weighted by Gasteiger charge is 2.12. The van der Waals surface area contributed by atoms with Crippen LogP contribution < -0.4 is 0 Å². The van der Waals surface area contributed by atoms with Crippen LogP contribution in [-0.2, 0) is 0 Å². The van der Waals surface area contributed by atoms with Crippen LogP contribution in [0.1, 0.15) is 22.3 Å². The molecule has 2 heteroatoms. The first-order valence-electron chi connectivity index (χ1n) is 6.60. The van der Waals surface area contributed by atoms with Crippen LogP contribution >= 0.6 is 23.5 Å². The van der Waals surface area contributed by atoms with Gasteiger partial charge in [0.25, 0.3) is 0 Å². The van der Waals surface area contributed by atoms with Gasteiger partial charge >= 0.3 is 0 Å². The third-order valence-corrected chi connectivity index (χ3v) is 5.43. The molecule has 100 valence electrons. The zero-order valence-corrected chi connectivity index (χ0v) is 13.2. The summed E-state index contributed by atoms with van der Waals surface area (Å²) in [6, 6.07) is 17.5. The molecule has 0 fully saturated rings. The van der Waals surface area contributed by atoms with E-state index in [9.17, 15) is 0 Å². The molecule has 2 aromatic carbocycles. The van der Waals surface area contributed by atoms with Gasteiger partial charge in [-0.25, -0.2) is 0 Å². The van der Waals surface area contributed by atoms with Crippen molar-refractivity contribution in [2.45, 2.75) is 13.8 Å². The van der Waals surface area contributed by atoms with Crippen molar-refractivity contribution in [1.29, 1.82) is 0 Å². The first-order chi connectivity index (χ1) is 9.72. The highest BCUT2D eigenvalue weighted by molar-refractivity contribution is 8.20. The smallest absolute Gasteiger partial charge is 0.0261 e. The number of hydrogen-bond acceptors (Lipinski definition) is 2. The molecular formula is C18H16S2. The second-order valence-corrected chi connectivity index (χ2v) is 6.76. The highest BCUT2D eigenvalue weighted by Crippen LogP contribution is 2.45. The highest BCUT2D eigenvalue weighted by atomic mass is 32.2. The van der Waals surface area contributed by atoms with Crippen LogP contribution in [0.3, 0.4) is 0 Å². The summed E-state index contributed by atoms with van der Waals surface area (Å²) in [5.41, 5.74) is 5.20. The van der Waals surface area contributed by atoms with Crippen LogP contribution in [0.4, 0.5) is 0 Å². The van der Waals surface area contributed by atoms with Gasteiger partial charge in [0.2, 0.25) is 0 Å². The lowest BCUT2D eigenvalue weighted by atomic mass is 10.1. The van der Waals surface area contributed by atoms with Crippen molar-refractivity contribution in [2.24, 2.45) is 0 Å². The lowest BCUT2D eigenvalue weighted by Crippen LogP contribution is -1.87. The van der Waals surface area contributed by atoms with Crippen LogP contribution in [0.15, 0.2) is 59.3 Å². The molecule has 0 nitrogen and oxygen atoms in total. The fourth-order valence-electron chi connectivity index (χ4n) is 2.01. The fraction of sp³-hybridized carbons (Fsp3) is 0.111. The minimum atomic E-state index is 1.30. The topological polar surface area (TPSA) is 0 Å². The van der Waals surface area contributed by atoms with Gasteiger partial charge in [0, 0.05) is 9.81 Å². The van der Waals surface area contributed by atoms with E-state index >= 15 is 0 Å². The molecule has 1 heterocycles. The predicted molar refractivity (Wildman–Crippen MR) is 93.5 cm³/mol. The van der Waals surface area contributed by atoms with Gasteiger partial charge < -0.3 is 0 Å². The normalized spacial score (nSPS) is 14.7. The van der Waals surface area contributed by atoms with E-state index in [0.717, 1.165) is 0 Å². The summed E-state index contributed by atoms with van der Waals surface area (Å²) in [5.74, 6) is 0. The van der Waals surface area contributed by atoms with Gasteiger partial charge in [-0.05, 0) is 35.8 Å². The second-order valence-electron chi connectivity index (χ2n) is 4.93. The zero-order chi connectivity index (χ0) is 13.9. The molecule has 0 spiro atoms. The molecular weight excluding hydrogens is 280 g/mol. The Morgan fingerprint density at radius 1 is 0.600 bits per heavy atom. The zero-order valence-electron chi connectivity index (χ0n) is 11.6. The average molecular weight is 296 g/mol. The summed E-state index contributed by atoms with van der Waals surface area (Å²) in [5, 5.41) is 4.46. The molecule has 0 saturated carbocycles. The van der Waals surface area contributed by atoms with Gasteiger partial charge in [0.1, 0.15) is 0 Å². The van der Waals surface area contributed by atoms with Gasteiger partial charge in [0.15, 0.2) is 0 Å². The summed E-state index contributed by atoms with van der Waals surface area (Å²) in [6.45, 7) is 4.25. The molecule has 1 aliphatic heterocycles. The maximum atomic E-state index is 2.23. The van der Waals surface area contributed by atoms with Gasteiger partial charge in [-0.15, -0.1) is 11.8 Å². The minimum Gasteiger partial charge on any atom is -0.104 e. The Hall–Kier alpha value is -1.38. The number of thioether (sulfide) groups is 2. The van der Waals surface area contributed by atoms with E-state index in [1.165, 1.54) is 32.1 Å². The number of aryl methyl sites for hydroxylation is 2. The van der Waals surface area contributed by atoms with Gasteiger partial charge in [0.05, 0.1) is 0 Å². The molecule has 2 aromatic rings. The van der Waals surface area contributed by atoms with E-state index in [4.69, 9.17) is 0 Å². The Bertz CT molecular complexity index is 602. The Morgan fingerprint density at radius 3 is 1.40 bits per heavy atom. The molecule has 0 saturated heterocycles. The maximum absolute atomic E-state index is 2.23. The van der Waals surface area contributed by atoms with E-state index < -0.39 is 0 Å². The summed E-state index contributed by atoms with van der Waals surface area (Å²) in [7, 11) is 0. The molecule has 0 radical (unpaired) electrons. The third kappa shape index (κ3) is 3.02. The van der Waals surface area contributed by atoms with Crippen molar-refractivity contribution >= 4 is 33.3 Å². The van der Waals surface area contributed by atoms with Crippen molar-refractivity contribution in [3.05, 3.63) is 81.6 Å². The molecule has 20 heavy (non-hydrogen) atoms. The van der Waals surface area contributed by atoms with Crippen molar-refractivity contribution in [2.75, 3.05) is 0 Å². The van der Waals surface area contributed by atoms with E-state index in [2.05, 4.69) is 73.2 Å². The molecule has 0 atom stereocenters. The summed E-state index contributed by atoms with van der Waals surface area (Å²) < 4.78 is 0. The van der Waals surface area contributed by atoms with E-state index in [1.54, 1.807) is 11.8 Å². The van der Waals surface area contributed by atoms with E-state index in [1.807, 2.05) is 11.8 Å². The lowest BCUT2D eigenvalue weighted by molar-refractivity contribution is 1.46. The molecule has 0 unspecified atom stereocenters. The van der Waals surface area contributed by atoms with Gasteiger partial charge in [-0.3, -0.25) is 0 Å². The summed E-state index contributed by atoms with van der Waals surface area (Å²) in [6.07, 6.45) is 0. The first-order valence-corrected chi connectivity index (χ1v) is 8.36.